The van der Waals surface area contributed by atoms with Crippen molar-refractivity contribution in [2.75, 3.05) is 18.4 Å². The summed E-state index contributed by atoms with van der Waals surface area (Å²) in [6.45, 7) is 2.34. The fraction of sp³-hybridized carbons (Fsp3) is 0.211. The molecule has 0 aromatic heterocycles. The maximum absolute atomic E-state index is 12.2. The van der Waals surface area contributed by atoms with E-state index in [1.54, 1.807) is 42.5 Å². The molecule has 7 heteroatoms. The summed E-state index contributed by atoms with van der Waals surface area (Å²) in [5.41, 5.74) is 2.03. The number of hydrogen-bond acceptors (Lipinski definition) is 4. The molecular weight excluding hydrogens is 334 g/mol. The van der Waals surface area contributed by atoms with Crippen LogP contribution in [0.1, 0.15) is 32.7 Å². The minimum atomic E-state index is -0.466. The predicted molar refractivity (Wildman–Crippen MR) is 96.3 cm³/mol. The fourth-order valence-corrected chi connectivity index (χ4v) is 2.80. The smallest absolute Gasteiger partial charge is 0.319 e. The standard InChI is InChI=1S/C19H19N3O4/c1-12-7-8-15(16(23)11-12)21-19(26)20-9-4-10-22-17(24)13-5-2-3-6-14(13)18(22)25/h2-3,5-8,11,23H,4,9-10H2,1H3,(H2,20,21,26). The number of carbonyl (C=O) groups excluding carboxylic acids is 3. The zero-order valence-corrected chi connectivity index (χ0v) is 14.3. The highest BCUT2D eigenvalue weighted by Gasteiger charge is 2.34. The van der Waals surface area contributed by atoms with Crippen LogP contribution < -0.4 is 10.6 Å². The van der Waals surface area contributed by atoms with Gasteiger partial charge in [0.15, 0.2) is 0 Å². The molecule has 26 heavy (non-hydrogen) atoms. The van der Waals surface area contributed by atoms with E-state index in [0.29, 0.717) is 23.2 Å². The maximum atomic E-state index is 12.2. The number of fused-ring (bicyclic) bond motifs is 1. The van der Waals surface area contributed by atoms with Gasteiger partial charge in [-0.3, -0.25) is 14.5 Å². The van der Waals surface area contributed by atoms with E-state index in [0.717, 1.165) is 5.56 Å². The summed E-state index contributed by atoms with van der Waals surface area (Å²) in [5.74, 6) is -0.620. The van der Waals surface area contributed by atoms with Crippen molar-refractivity contribution in [3.8, 4) is 5.75 Å². The number of imide groups is 1. The van der Waals surface area contributed by atoms with E-state index in [1.165, 1.54) is 4.90 Å². The summed E-state index contributed by atoms with van der Waals surface area (Å²) in [6, 6.07) is 11.2. The average molecular weight is 353 g/mol. The van der Waals surface area contributed by atoms with Gasteiger partial charge in [0.1, 0.15) is 5.75 Å². The summed E-state index contributed by atoms with van der Waals surface area (Å²) < 4.78 is 0. The van der Waals surface area contributed by atoms with Gasteiger partial charge < -0.3 is 15.7 Å². The molecule has 134 valence electrons. The van der Waals surface area contributed by atoms with Crippen LogP contribution in [-0.2, 0) is 0 Å². The van der Waals surface area contributed by atoms with Crippen LogP contribution in [0.2, 0.25) is 0 Å². The Bertz CT molecular complexity index is 844. The molecule has 0 unspecified atom stereocenters. The van der Waals surface area contributed by atoms with Crippen molar-refractivity contribution in [1.29, 1.82) is 0 Å². The van der Waals surface area contributed by atoms with Crippen molar-refractivity contribution in [2.24, 2.45) is 0 Å². The van der Waals surface area contributed by atoms with Crippen molar-refractivity contribution in [2.45, 2.75) is 13.3 Å². The molecule has 0 fully saturated rings. The lowest BCUT2D eigenvalue weighted by Crippen LogP contribution is -2.35. The second kappa shape index (κ2) is 7.26. The SMILES string of the molecule is Cc1ccc(NC(=O)NCCCN2C(=O)c3ccccc3C2=O)c(O)c1. The van der Waals surface area contributed by atoms with E-state index in [1.807, 2.05) is 6.92 Å². The number of phenolic OH excluding ortho intramolecular Hbond substituents is 1. The molecule has 0 bridgehead atoms. The monoisotopic (exact) mass is 353 g/mol. The van der Waals surface area contributed by atoms with Gasteiger partial charge in [0.25, 0.3) is 11.8 Å². The first kappa shape index (κ1) is 17.5. The molecule has 1 aliphatic rings. The van der Waals surface area contributed by atoms with Gasteiger partial charge in [-0.25, -0.2) is 4.79 Å². The number of anilines is 1. The van der Waals surface area contributed by atoms with Crippen LogP contribution in [0, 0.1) is 6.92 Å². The summed E-state index contributed by atoms with van der Waals surface area (Å²) in [5, 5.41) is 15.0. The highest BCUT2D eigenvalue weighted by molar-refractivity contribution is 6.21. The van der Waals surface area contributed by atoms with Crippen LogP contribution in [0.3, 0.4) is 0 Å². The molecule has 0 spiro atoms. The Kier molecular flexibility index (Phi) is 4.88. The van der Waals surface area contributed by atoms with Gasteiger partial charge in [-0.05, 0) is 43.2 Å². The van der Waals surface area contributed by atoms with Crippen LogP contribution in [0.5, 0.6) is 5.75 Å². The first-order valence-electron chi connectivity index (χ1n) is 8.27. The number of hydrogen-bond donors (Lipinski definition) is 3. The van der Waals surface area contributed by atoms with Crippen molar-refractivity contribution in [1.82, 2.24) is 10.2 Å². The topological polar surface area (TPSA) is 98.7 Å². The number of nitrogens with one attached hydrogen (secondary N) is 2. The second-order valence-electron chi connectivity index (χ2n) is 6.06. The third kappa shape index (κ3) is 3.51. The number of benzene rings is 2. The van der Waals surface area contributed by atoms with E-state index < -0.39 is 6.03 Å². The molecule has 0 atom stereocenters. The summed E-state index contributed by atoms with van der Waals surface area (Å²) in [4.78, 5) is 37.5. The summed E-state index contributed by atoms with van der Waals surface area (Å²) in [6.07, 6.45) is 0.429. The molecule has 0 aliphatic carbocycles. The quantitative estimate of drug-likeness (QED) is 0.437. The minimum Gasteiger partial charge on any atom is -0.506 e. The number of phenols is 1. The number of urea groups is 1. The number of nitrogens with zero attached hydrogens (tertiary/aromatic N) is 1. The summed E-state index contributed by atoms with van der Waals surface area (Å²) in [7, 11) is 0. The third-order valence-corrected chi connectivity index (χ3v) is 4.12. The Labute approximate surface area is 150 Å². The zero-order chi connectivity index (χ0) is 18.7. The number of rotatable bonds is 5. The molecule has 2 aromatic rings. The van der Waals surface area contributed by atoms with Crippen molar-refractivity contribution in [3.63, 3.8) is 0 Å². The van der Waals surface area contributed by atoms with Gasteiger partial charge in [0.05, 0.1) is 16.8 Å². The number of amides is 4. The fourth-order valence-electron chi connectivity index (χ4n) is 2.80. The van der Waals surface area contributed by atoms with Gasteiger partial charge in [-0.1, -0.05) is 18.2 Å². The van der Waals surface area contributed by atoms with Gasteiger partial charge in [0, 0.05) is 13.1 Å². The molecular formula is C19H19N3O4. The van der Waals surface area contributed by atoms with Crippen molar-refractivity contribution >= 4 is 23.5 Å². The van der Waals surface area contributed by atoms with Crippen LogP contribution in [0.4, 0.5) is 10.5 Å². The number of aromatic hydroxyl groups is 1. The molecule has 2 aromatic carbocycles. The Morgan fingerprint density at radius 2 is 1.73 bits per heavy atom. The van der Waals surface area contributed by atoms with E-state index >= 15 is 0 Å². The molecule has 7 nitrogen and oxygen atoms in total. The van der Waals surface area contributed by atoms with Gasteiger partial charge in [-0.15, -0.1) is 0 Å². The van der Waals surface area contributed by atoms with Gasteiger partial charge in [-0.2, -0.15) is 0 Å². The predicted octanol–water partition coefficient (Wildman–Crippen LogP) is 2.51. The molecule has 1 aliphatic heterocycles. The largest absolute Gasteiger partial charge is 0.506 e. The van der Waals surface area contributed by atoms with Crippen molar-refractivity contribution < 1.29 is 19.5 Å². The first-order chi connectivity index (χ1) is 12.5. The van der Waals surface area contributed by atoms with Crippen LogP contribution in [0.15, 0.2) is 42.5 Å². The number of aryl methyl sites for hydroxylation is 1. The Balaban J connectivity index is 1.47. The van der Waals surface area contributed by atoms with Gasteiger partial charge >= 0.3 is 6.03 Å². The lowest BCUT2D eigenvalue weighted by molar-refractivity contribution is 0.0653. The van der Waals surface area contributed by atoms with E-state index in [-0.39, 0.29) is 30.7 Å². The molecule has 1 heterocycles. The van der Waals surface area contributed by atoms with Crippen molar-refractivity contribution in [3.05, 3.63) is 59.2 Å². The molecule has 4 amide bonds. The van der Waals surface area contributed by atoms with Gasteiger partial charge in [0.2, 0.25) is 0 Å². The first-order valence-corrected chi connectivity index (χ1v) is 8.27. The zero-order valence-electron chi connectivity index (χ0n) is 14.3. The average Bonchev–Trinajstić information content (AvgIpc) is 2.86. The lowest BCUT2D eigenvalue weighted by atomic mass is 10.1. The highest BCUT2D eigenvalue weighted by atomic mass is 16.3. The highest BCUT2D eigenvalue weighted by Crippen LogP contribution is 2.24. The van der Waals surface area contributed by atoms with Crippen LogP contribution >= 0.6 is 0 Å². The Hall–Kier alpha value is -3.35. The Morgan fingerprint density at radius 1 is 1.08 bits per heavy atom. The maximum Gasteiger partial charge on any atom is 0.319 e. The number of carbonyl (C=O) groups is 3. The Morgan fingerprint density at radius 3 is 2.35 bits per heavy atom. The van der Waals surface area contributed by atoms with E-state index in [9.17, 15) is 19.5 Å². The minimum absolute atomic E-state index is 0.00817. The molecule has 0 saturated heterocycles. The van der Waals surface area contributed by atoms with E-state index in [2.05, 4.69) is 10.6 Å². The molecule has 3 N–H and O–H groups in total. The lowest BCUT2D eigenvalue weighted by Gasteiger charge is -2.14. The third-order valence-electron chi connectivity index (χ3n) is 4.12. The molecule has 3 rings (SSSR count). The van der Waals surface area contributed by atoms with E-state index in [4.69, 9.17) is 0 Å². The van der Waals surface area contributed by atoms with Crippen LogP contribution in [-0.4, -0.2) is 40.9 Å². The molecule has 0 radical (unpaired) electrons. The molecule has 0 saturated carbocycles. The van der Waals surface area contributed by atoms with Crippen LogP contribution in [0.25, 0.3) is 0 Å². The second-order valence-corrected chi connectivity index (χ2v) is 6.06. The summed E-state index contributed by atoms with van der Waals surface area (Å²) >= 11 is 0. The normalized spacial score (nSPS) is 12.9.